The predicted molar refractivity (Wildman–Crippen MR) is 130 cm³/mol. The predicted octanol–water partition coefficient (Wildman–Crippen LogP) is 4.80. The van der Waals surface area contributed by atoms with E-state index < -0.39 is 0 Å². The minimum absolute atomic E-state index is 0.0898. The van der Waals surface area contributed by atoms with Crippen LogP contribution in [0, 0.1) is 0 Å². The molecule has 0 atom stereocenters. The molecule has 32 heavy (non-hydrogen) atoms. The summed E-state index contributed by atoms with van der Waals surface area (Å²) in [6.45, 7) is 0.699. The van der Waals surface area contributed by atoms with Crippen molar-refractivity contribution >= 4 is 44.5 Å². The van der Waals surface area contributed by atoms with Gasteiger partial charge in [0.05, 0.1) is 11.0 Å². The summed E-state index contributed by atoms with van der Waals surface area (Å²) < 4.78 is 2.90. The number of aryl methyl sites for hydroxylation is 1. The highest BCUT2D eigenvalue weighted by molar-refractivity contribution is 9.10. The Hall–Kier alpha value is -3.45. The number of nitrogens with zero attached hydrogens (tertiary/aromatic N) is 2. The zero-order valence-corrected chi connectivity index (χ0v) is 19.0. The number of benzene rings is 3. The molecule has 162 valence electrons. The molecule has 0 saturated heterocycles. The maximum Gasteiger partial charge on any atom is 0.251 e. The van der Waals surface area contributed by atoms with E-state index >= 15 is 0 Å². The van der Waals surface area contributed by atoms with Crippen LogP contribution in [0.15, 0.2) is 83.3 Å². The fourth-order valence-electron chi connectivity index (χ4n) is 3.51. The highest BCUT2D eigenvalue weighted by Gasteiger charge is 2.14. The van der Waals surface area contributed by atoms with Crippen molar-refractivity contribution in [2.24, 2.45) is 0 Å². The molecular weight excluding hydrogens is 468 g/mol. The lowest BCUT2D eigenvalue weighted by Crippen LogP contribution is -2.25. The van der Waals surface area contributed by atoms with E-state index in [1.165, 1.54) is 0 Å². The van der Waals surface area contributed by atoms with Crippen LogP contribution < -0.4 is 10.6 Å². The Bertz CT molecular complexity index is 1220. The number of rotatable bonds is 8. The molecule has 0 saturated carbocycles. The molecule has 7 heteroatoms. The van der Waals surface area contributed by atoms with Crippen LogP contribution in [0.25, 0.3) is 11.0 Å². The number of carbonyl (C=O) groups is 2. The van der Waals surface area contributed by atoms with Gasteiger partial charge in [-0.1, -0.05) is 46.3 Å². The molecule has 0 bridgehead atoms. The number of nitrogens with one attached hydrogen (secondary N) is 2. The summed E-state index contributed by atoms with van der Waals surface area (Å²) in [6, 6.07) is 24.4. The third-order valence-corrected chi connectivity index (χ3v) is 5.59. The van der Waals surface area contributed by atoms with Gasteiger partial charge in [0.1, 0.15) is 12.4 Å². The summed E-state index contributed by atoms with van der Waals surface area (Å²) in [5, 5.41) is 5.88. The number of aromatic nitrogens is 2. The zero-order valence-electron chi connectivity index (χ0n) is 17.4. The molecule has 0 aliphatic heterocycles. The SMILES string of the molecule is O=C(Cn1c(CCCNC(=O)c2ccccc2)nc2ccccc21)Nc1ccc(Br)cc1. The molecule has 4 rings (SSSR count). The van der Waals surface area contributed by atoms with E-state index in [9.17, 15) is 9.59 Å². The highest BCUT2D eigenvalue weighted by Crippen LogP contribution is 2.18. The maximum atomic E-state index is 12.7. The molecule has 0 radical (unpaired) electrons. The van der Waals surface area contributed by atoms with Gasteiger partial charge >= 0.3 is 0 Å². The number of imidazole rings is 1. The third kappa shape index (κ3) is 5.42. The Morgan fingerprint density at radius 1 is 0.906 bits per heavy atom. The lowest BCUT2D eigenvalue weighted by molar-refractivity contribution is -0.116. The van der Waals surface area contributed by atoms with Gasteiger partial charge in [0.2, 0.25) is 5.91 Å². The first-order valence-electron chi connectivity index (χ1n) is 10.4. The van der Waals surface area contributed by atoms with E-state index in [1.807, 2.05) is 71.3 Å². The van der Waals surface area contributed by atoms with Crippen molar-refractivity contribution in [3.05, 3.63) is 94.7 Å². The minimum Gasteiger partial charge on any atom is -0.352 e. The topological polar surface area (TPSA) is 76.0 Å². The Balaban J connectivity index is 1.41. The number of anilines is 1. The first-order chi connectivity index (χ1) is 15.6. The van der Waals surface area contributed by atoms with Gasteiger partial charge < -0.3 is 15.2 Å². The number of hydrogen-bond acceptors (Lipinski definition) is 3. The van der Waals surface area contributed by atoms with Crippen LogP contribution in [0.4, 0.5) is 5.69 Å². The molecule has 1 aromatic heterocycles. The summed E-state index contributed by atoms with van der Waals surface area (Å²) in [6.07, 6.45) is 1.37. The van der Waals surface area contributed by atoms with Crippen molar-refractivity contribution in [3.8, 4) is 0 Å². The molecule has 0 unspecified atom stereocenters. The van der Waals surface area contributed by atoms with E-state index in [-0.39, 0.29) is 18.4 Å². The van der Waals surface area contributed by atoms with Crippen molar-refractivity contribution in [2.45, 2.75) is 19.4 Å². The van der Waals surface area contributed by atoms with Gasteiger partial charge in [0.25, 0.3) is 5.91 Å². The van der Waals surface area contributed by atoms with Crippen LogP contribution in [-0.2, 0) is 17.8 Å². The fourth-order valence-corrected chi connectivity index (χ4v) is 3.77. The van der Waals surface area contributed by atoms with Crippen molar-refractivity contribution in [1.82, 2.24) is 14.9 Å². The lowest BCUT2D eigenvalue weighted by Gasteiger charge is -2.11. The molecule has 0 spiro atoms. The molecular formula is C25H23BrN4O2. The first kappa shape index (κ1) is 21.8. The van der Waals surface area contributed by atoms with Gasteiger partial charge in [-0.3, -0.25) is 9.59 Å². The Morgan fingerprint density at radius 3 is 2.41 bits per heavy atom. The Morgan fingerprint density at radius 2 is 1.62 bits per heavy atom. The Labute approximate surface area is 194 Å². The number of fused-ring (bicyclic) bond motifs is 1. The van der Waals surface area contributed by atoms with E-state index in [1.54, 1.807) is 12.1 Å². The van der Waals surface area contributed by atoms with Crippen LogP contribution in [0.1, 0.15) is 22.6 Å². The number of hydrogen-bond donors (Lipinski definition) is 2. The van der Waals surface area contributed by atoms with Crippen molar-refractivity contribution in [1.29, 1.82) is 0 Å². The van der Waals surface area contributed by atoms with Gasteiger partial charge in [-0.05, 0) is 55.0 Å². The van der Waals surface area contributed by atoms with Crippen molar-refractivity contribution < 1.29 is 9.59 Å². The van der Waals surface area contributed by atoms with Crippen LogP contribution in [0.2, 0.25) is 0 Å². The van der Waals surface area contributed by atoms with Gasteiger partial charge in [-0.2, -0.15) is 0 Å². The van der Waals surface area contributed by atoms with Gasteiger partial charge in [0.15, 0.2) is 0 Å². The molecule has 0 aliphatic rings. The number of para-hydroxylation sites is 2. The minimum atomic E-state index is -0.117. The van der Waals surface area contributed by atoms with Crippen LogP contribution in [0.5, 0.6) is 0 Å². The second kappa shape index (κ2) is 10.2. The van der Waals surface area contributed by atoms with E-state index in [0.717, 1.165) is 33.4 Å². The van der Waals surface area contributed by atoms with Crippen LogP contribution in [0.3, 0.4) is 0 Å². The van der Waals surface area contributed by atoms with E-state index in [0.29, 0.717) is 18.5 Å². The number of amides is 2. The summed E-state index contributed by atoms with van der Waals surface area (Å²) in [5.74, 6) is 0.619. The molecule has 0 fully saturated rings. The molecule has 3 aromatic carbocycles. The second-order valence-corrected chi connectivity index (χ2v) is 8.30. The lowest BCUT2D eigenvalue weighted by atomic mass is 10.2. The zero-order chi connectivity index (χ0) is 22.3. The Kier molecular flexibility index (Phi) is 6.97. The van der Waals surface area contributed by atoms with Gasteiger partial charge in [-0.15, -0.1) is 0 Å². The largest absolute Gasteiger partial charge is 0.352 e. The quantitative estimate of drug-likeness (QED) is 0.348. The van der Waals surface area contributed by atoms with Crippen molar-refractivity contribution in [2.75, 3.05) is 11.9 Å². The normalized spacial score (nSPS) is 10.8. The van der Waals surface area contributed by atoms with Crippen LogP contribution in [-0.4, -0.2) is 27.9 Å². The summed E-state index contributed by atoms with van der Waals surface area (Å²) >= 11 is 3.40. The standard InChI is InChI=1S/C25H23BrN4O2/c26-19-12-14-20(15-13-19)28-24(31)17-30-22-10-5-4-9-21(22)29-23(30)11-6-16-27-25(32)18-7-2-1-3-8-18/h1-5,7-10,12-15H,6,11,16-17H2,(H,27,32)(H,28,31). The molecule has 2 N–H and O–H groups in total. The average molecular weight is 491 g/mol. The molecule has 6 nitrogen and oxygen atoms in total. The summed E-state index contributed by atoms with van der Waals surface area (Å²) in [5.41, 5.74) is 3.16. The molecule has 4 aromatic rings. The number of carbonyl (C=O) groups excluding carboxylic acids is 2. The maximum absolute atomic E-state index is 12.7. The molecule has 0 aliphatic carbocycles. The molecule has 2 amide bonds. The van der Waals surface area contributed by atoms with Gasteiger partial charge in [-0.25, -0.2) is 4.98 Å². The number of halogens is 1. The van der Waals surface area contributed by atoms with Crippen LogP contribution >= 0.6 is 15.9 Å². The first-order valence-corrected chi connectivity index (χ1v) is 11.2. The average Bonchev–Trinajstić information content (AvgIpc) is 3.16. The third-order valence-electron chi connectivity index (χ3n) is 5.06. The van der Waals surface area contributed by atoms with E-state index in [4.69, 9.17) is 4.98 Å². The van der Waals surface area contributed by atoms with Gasteiger partial charge in [0, 0.05) is 28.7 Å². The highest BCUT2D eigenvalue weighted by atomic mass is 79.9. The fraction of sp³-hybridized carbons (Fsp3) is 0.160. The summed E-state index contributed by atoms with van der Waals surface area (Å²) in [4.78, 5) is 29.6. The van der Waals surface area contributed by atoms with Crippen molar-refractivity contribution in [3.63, 3.8) is 0 Å². The smallest absolute Gasteiger partial charge is 0.251 e. The summed E-state index contributed by atoms with van der Waals surface area (Å²) in [7, 11) is 0. The monoisotopic (exact) mass is 490 g/mol. The second-order valence-electron chi connectivity index (χ2n) is 7.38. The van der Waals surface area contributed by atoms with E-state index in [2.05, 4.69) is 26.6 Å². The molecule has 1 heterocycles.